The number of imide groups is 1. The number of methoxy groups -OCH3 is 1. The molecule has 1 aromatic heterocycles. The maximum Gasteiger partial charge on any atom is 0.339 e. The maximum absolute atomic E-state index is 13.0. The molecule has 2 amide bonds. The highest BCUT2D eigenvalue weighted by molar-refractivity contribution is 6.33. The third kappa shape index (κ3) is 2.73. The van der Waals surface area contributed by atoms with Crippen molar-refractivity contribution in [1.29, 1.82) is 0 Å². The van der Waals surface area contributed by atoms with E-state index < -0.39 is 5.97 Å². The number of carbonyl (C=O) groups excluding carboxylic acids is 3. The molecule has 0 radical (unpaired) electrons. The molecule has 162 valence electrons. The van der Waals surface area contributed by atoms with Gasteiger partial charge in [0.1, 0.15) is 11.5 Å². The van der Waals surface area contributed by atoms with Crippen molar-refractivity contribution >= 4 is 35.6 Å². The monoisotopic (exact) mass is 450 g/mol. The molecule has 3 fully saturated rings. The minimum absolute atomic E-state index is 0.163. The molecule has 1 saturated heterocycles. The molecule has 5 aliphatic rings. The Labute approximate surface area is 188 Å². The number of nitrogens with zero attached hydrogens (tertiary/aromatic N) is 2. The zero-order valence-corrected chi connectivity index (χ0v) is 17.9. The third-order valence-corrected chi connectivity index (χ3v) is 7.55. The van der Waals surface area contributed by atoms with Crippen LogP contribution in [0.4, 0.5) is 0 Å². The van der Waals surface area contributed by atoms with Crippen molar-refractivity contribution in [3.05, 3.63) is 58.8 Å². The topological polar surface area (TPSA) is 89.2 Å². The lowest BCUT2D eigenvalue weighted by atomic mass is 9.63. The number of hydrogen-bond acceptors (Lipinski definition) is 6. The summed E-state index contributed by atoms with van der Waals surface area (Å²) in [5.41, 5.74) is 0.867. The lowest BCUT2D eigenvalue weighted by Gasteiger charge is -2.37. The van der Waals surface area contributed by atoms with E-state index in [9.17, 15) is 14.4 Å². The number of ether oxygens (including phenoxy) is 1. The number of hydrogen-bond donors (Lipinski definition) is 0. The van der Waals surface area contributed by atoms with Crippen LogP contribution in [0, 0.1) is 35.5 Å². The first kappa shape index (κ1) is 19.5. The molecule has 0 spiro atoms. The number of rotatable bonds is 4. The third-order valence-electron chi connectivity index (χ3n) is 7.22. The van der Waals surface area contributed by atoms with E-state index in [-0.39, 0.29) is 46.1 Å². The van der Waals surface area contributed by atoms with Gasteiger partial charge in [0.05, 0.1) is 35.7 Å². The Balaban J connectivity index is 1.23. The van der Waals surface area contributed by atoms with Gasteiger partial charge in [-0.25, -0.2) is 4.79 Å². The molecular formula is C24H19ClN2O5. The van der Waals surface area contributed by atoms with Gasteiger partial charge in [0.2, 0.25) is 0 Å². The molecule has 7 nitrogen and oxygen atoms in total. The predicted octanol–water partition coefficient (Wildman–Crippen LogP) is 3.77. The standard InChI is InChI=1S/C24H19ClN2O5/c1-31-24(30)17-8-11(2-6-18(17)25)19-7-3-12(32-19)10-26-27-22(28)20-13-4-5-14(16-9-15(13)16)21(20)23(27)29/h2-8,10,13-16,20-21H,9H2,1H3/b26-10-/t13-,14-,15-,16-,20-,21+/m0/s1. The highest BCUT2D eigenvalue weighted by Crippen LogP contribution is 2.65. The second-order valence-electron chi connectivity index (χ2n) is 8.78. The molecule has 2 bridgehead atoms. The molecule has 32 heavy (non-hydrogen) atoms. The molecule has 1 aromatic carbocycles. The molecule has 0 unspecified atom stereocenters. The summed E-state index contributed by atoms with van der Waals surface area (Å²) >= 11 is 6.07. The van der Waals surface area contributed by atoms with Crippen LogP contribution in [0.2, 0.25) is 5.02 Å². The summed E-state index contributed by atoms with van der Waals surface area (Å²) in [5, 5.41) is 5.49. The molecule has 2 saturated carbocycles. The van der Waals surface area contributed by atoms with E-state index in [1.165, 1.54) is 13.3 Å². The first-order valence-corrected chi connectivity index (χ1v) is 10.9. The van der Waals surface area contributed by atoms with Gasteiger partial charge < -0.3 is 9.15 Å². The minimum atomic E-state index is -0.543. The van der Waals surface area contributed by atoms with Crippen LogP contribution in [-0.2, 0) is 14.3 Å². The first-order chi connectivity index (χ1) is 15.5. The normalized spacial score (nSPS) is 31.9. The van der Waals surface area contributed by atoms with Crippen LogP contribution in [0.1, 0.15) is 22.5 Å². The molecule has 0 N–H and O–H groups in total. The summed E-state index contributed by atoms with van der Waals surface area (Å²) in [4.78, 5) is 37.9. The summed E-state index contributed by atoms with van der Waals surface area (Å²) in [6, 6.07) is 8.30. The Morgan fingerprint density at radius 2 is 1.81 bits per heavy atom. The Hall–Kier alpha value is -3.19. The second kappa shape index (κ2) is 6.90. The average Bonchev–Trinajstić information content (AvgIpc) is 3.44. The zero-order valence-electron chi connectivity index (χ0n) is 17.1. The van der Waals surface area contributed by atoms with Gasteiger partial charge in [-0.2, -0.15) is 10.1 Å². The molecule has 6 atom stereocenters. The van der Waals surface area contributed by atoms with Crippen LogP contribution < -0.4 is 0 Å². The van der Waals surface area contributed by atoms with Crippen molar-refractivity contribution in [1.82, 2.24) is 5.01 Å². The van der Waals surface area contributed by atoms with Gasteiger partial charge in [0.25, 0.3) is 11.8 Å². The summed E-state index contributed by atoms with van der Waals surface area (Å²) in [5.74, 6) is 0.763. The van der Waals surface area contributed by atoms with Crippen LogP contribution in [-0.4, -0.2) is 36.1 Å². The smallest absolute Gasteiger partial charge is 0.339 e. The summed E-state index contributed by atoms with van der Waals surface area (Å²) in [6.07, 6.45) is 6.76. The van der Waals surface area contributed by atoms with Crippen molar-refractivity contribution in [2.24, 2.45) is 40.6 Å². The van der Waals surface area contributed by atoms with Gasteiger partial charge in [-0.1, -0.05) is 23.8 Å². The van der Waals surface area contributed by atoms with Crippen molar-refractivity contribution in [3.63, 3.8) is 0 Å². The Morgan fingerprint density at radius 1 is 1.12 bits per heavy atom. The number of hydrazone groups is 1. The minimum Gasteiger partial charge on any atom is -0.465 e. The van der Waals surface area contributed by atoms with Gasteiger partial charge in [-0.05, 0) is 60.4 Å². The molecular weight excluding hydrogens is 432 g/mol. The number of esters is 1. The quantitative estimate of drug-likeness (QED) is 0.306. The summed E-state index contributed by atoms with van der Waals surface area (Å²) in [7, 11) is 1.29. The van der Waals surface area contributed by atoms with E-state index in [2.05, 4.69) is 17.3 Å². The zero-order chi connectivity index (χ0) is 22.1. The molecule has 1 aliphatic heterocycles. The molecule has 7 rings (SSSR count). The van der Waals surface area contributed by atoms with Crippen LogP contribution in [0.3, 0.4) is 0 Å². The summed E-state index contributed by atoms with van der Waals surface area (Å²) < 4.78 is 10.5. The van der Waals surface area contributed by atoms with Crippen molar-refractivity contribution in [2.45, 2.75) is 6.42 Å². The number of furan rings is 1. The van der Waals surface area contributed by atoms with Crippen LogP contribution >= 0.6 is 11.6 Å². The Kier molecular flexibility index (Phi) is 4.21. The number of allylic oxidation sites excluding steroid dienone is 2. The fourth-order valence-corrected chi connectivity index (χ4v) is 5.89. The molecule has 8 heteroatoms. The van der Waals surface area contributed by atoms with E-state index >= 15 is 0 Å². The van der Waals surface area contributed by atoms with Crippen LogP contribution in [0.25, 0.3) is 11.3 Å². The SMILES string of the molecule is COC(=O)c1cc(-c2ccc(/C=N\N3C(=O)[C@@H]4[C@H]5C=C[C@@H]([C@@H]6C[C@@H]56)[C@@H]4C3=O)o2)ccc1Cl. The van der Waals surface area contributed by atoms with Crippen molar-refractivity contribution in [3.8, 4) is 11.3 Å². The highest BCUT2D eigenvalue weighted by Gasteiger charge is 2.67. The number of amides is 2. The lowest BCUT2D eigenvalue weighted by molar-refractivity contribution is -0.140. The molecule has 2 heterocycles. The van der Waals surface area contributed by atoms with Gasteiger partial charge in [0, 0.05) is 5.56 Å². The van der Waals surface area contributed by atoms with Crippen molar-refractivity contribution in [2.75, 3.05) is 7.11 Å². The largest absolute Gasteiger partial charge is 0.465 e. The fourth-order valence-electron chi connectivity index (χ4n) is 5.69. The Bertz CT molecular complexity index is 1190. The van der Waals surface area contributed by atoms with Crippen molar-refractivity contribution < 1.29 is 23.5 Å². The number of halogens is 1. The molecule has 4 aliphatic carbocycles. The van der Waals surface area contributed by atoms with Crippen LogP contribution in [0.15, 0.2) is 52.0 Å². The number of benzene rings is 1. The predicted molar refractivity (Wildman–Crippen MR) is 115 cm³/mol. The Morgan fingerprint density at radius 3 is 2.47 bits per heavy atom. The second-order valence-corrected chi connectivity index (χ2v) is 9.18. The van der Waals surface area contributed by atoms with E-state index in [0.717, 1.165) is 11.4 Å². The lowest BCUT2D eigenvalue weighted by Crippen LogP contribution is -2.40. The van der Waals surface area contributed by atoms with E-state index in [4.69, 9.17) is 20.8 Å². The van der Waals surface area contributed by atoms with Gasteiger partial charge in [-0.15, -0.1) is 0 Å². The van der Waals surface area contributed by atoms with Gasteiger partial charge >= 0.3 is 5.97 Å². The average molecular weight is 451 g/mol. The van der Waals surface area contributed by atoms with E-state index in [1.807, 2.05) is 0 Å². The van der Waals surface area contributed by atoms with Gasteiger partial charge in [0.15, 0.2) is 0 Å². The van der Waals surface area contributed by atoms with Crippen LogP contribution in [0.5, 0.6) is 0 Å². The maximum atomic E-state index is 13.0. The molecule has 2 aromatic rings. The summed E-state index contributed by atoms with van der Waals surface area (Å²) in [6.45, 7) is 0. The first-order valence-electron chi connectivity index (χ1n) is 10.6. The number of carbonyl (C=O) groups is 3. The van der Waals surface area contributed by atoms with Gasteiger partial charge in [-0.3, -0.25) is 9.59 Å². The highest BCUT2D eigenvalue weighted by atomic mass is 35.5. The fraction of sp³-hybridized carbons (Fsp3) is 0.333. The van der Waals surface area contributed by atoms with E-state index in [0.29, 0.717) is 28.9 Å². The van der Waals surface area contributed by atoms with E-state index in [1.54, 1.807) is 30.3 Å².